The van der Waals surface area contributed by atoms with Crippen LogP contribution in [0.25, 0.3) is 5.69 Å². The largest absolute Gasteiger partial charge is 0.380 e. The maximum absolute atomic E-state index is 6.02. The van der Waals surface area contributed by atoms with Gasteiger partial charge in [-0.2, -0.15) is 5.10 Å². The van der Waals surface area contributed by atoms with Crippen molar-refractivity contribution >= 4 is 0 Å². The van der Waals surface area contributed by atoms with Gasteiger partial charge in [-0.05, 0) is 31.0 Å². The molecular weight excluding hydrogens is 278 g/mol. The zero-order valence-corrected chi connectivity index (χ0v) is 12.5. The molecule has 0 amide bonds. The van der Waals surface area contributed by atoms with Gasteiger partial charge in [-0.15, -0.1) is 0 Å². The fourth-order valence-corrected chi connectivity index (χ4v) is 3.33. The Kier molecular flexibility index (Phi) is 3.93. The minimum Gasteiger partial charge on any atom is -0.380 e. The second-order valence-corrected chi connectivity index (χ2v) is 5.92. The Morgan fingerprint density at radius 3 is 2.82 bits per heavy atom. The number of aromatic nitrogens is 2. The number of benzene rings is 1. The predicted octanol–water partition coefficient (Wildman–Crippen LogP) is 2.08. The van der Waals surface area contributed by atoms with E-state index in [2.05, 4.69) is 28.6 Å². The van der Waals surface area contributed by atoms with Crippen LogP contribution in [0.5, 0.6) is 0 Å². The van der Waals surface area contributed by atoms with Gasteiger partial charge >= 0.3 is 0 Å². The zero-order valence-electron chi connectivity index (χ0n) is 12.5. The number of nitrogens with one attached hydrogen (secondary N) is 1. The lowest BCUT2D eigenvalue weighted by molar-refractivity contribution is 0.0901. The molecule has 2 saturated heterocycles. The number of hydrogen-bond acceptors (Lipinski definition) is 4. The average Bonchev–Trinajstić information content (AvgIpc) is 3.29. The van der Waals surface area contributed by atoms with Crippen LogP contribution in [-0.4, -0.2) is 41.7 Å². The predicted molar refractivity (Wildman–Crippen MR) is 83.0 cm³/mol. The van der Waals surface area contributed by atoms with Crippen LogP contribution in [0.15, 0.2) is 42.6 Å². The Morgan fingerprint density at radius 1 is 1.09 bits per heavy atom. The molecule has 1 N–H and O–H groups in total. The number of nitrogens with zero attached hydrogens (tertiary/aromatic N) is 2. The molecule has 2 aliphatic heterocycles. The van der Waals surface area contributed by atoms with E-state index in [-0.39, 0.29) is 6.10 Å². The van der Waals surface area contributed by atoms with E-state index < -0.39 is 0 Å². The van der Waals surface area contributed by atoms with Gasteiger partial charge in [0, 0.05) is 31.5 Å². The summed E-state index contributed by atoms with van der Waals surface area (Å²) in [6, 6.07) is 13.0. The molecule has 5 heteroatoms. The SMILES string of the molecule is c1ccc(-n2nccc2[C@H]2OCC[C@@H]2NC2CCOC2)cc1. The highest BCUT2D eigenvalue weighted by Crippen LogP contribution is 2.31. The fourth-order valence-electron chi connectivity index (χ4n) is 3.33. The minimum absolute atomic E-state index is 0.0447. The van der Waals surface area contributed by atoms with Crippen LogP contribution < -0.4 is 5.32 Å². The van der Waals surface area contributed by atoms with Crippen LogP contribution in [0.3, 0.4) is 0 Å². The molecule has 2 aromatic rings. The van der Waals surface area contributed by atoms with E-state index in [9.17, 15) is 0 Å². The van der Waals surface area contributed by atoms with Gasteiger partial charge in [-0.25, -0.2) is 4.68 Å². The first-order chi connectivity index (χ1) is 10.9. The van der Waals surface area contributed by atoms with E-state index >= 15 is 0 Å². The summed E-state index contributed by atoms with van der Waals surface area (Å²) >= 11 is 0. The summed E-state index contributed by atoms with van der Waals surface area (Å²) < 4.78 is 13.5. The van der Waals surface area contributed by atoms with Crippen LogP contribution in [0.2, 0.25) is 0 Å². The van der Waals surface area contributed by atoms with Crippen LogP contribution >= 0.6 is 0 Å². The smallest absolute Gasteiger partial charge is 0.115 e. The van der Waals surface area contributed by atoms with Crippen molar-refractivity contribution < 1.29 is 9.47 Å². The molecule has 1 aromatic heterocycles. The van der Waals surface area contributed by atoms with Crippen LogP contribution in [0.4, 0.5) is 0 Å². The number of ether oxygens (including phenoxy) is 2. The van der Waals surface area contributed by atoms with E-state index in [1.54, 1.807) is 0 Å². The first-order valence-corrected chi connectivity index (χ1v) is 7.96. The number of hydrogen-bond donors (Lipinski definition) is 1. The van der Waals surface area contributed by atoms with Gasteiger partial charge in [0.1, 0.15) is 6.10 Å². The molecule has 2 aliphatic rings. The van der Waals surface area contributed by atoms with E-state index in [1.165, 1.54) is 0 Å². The molecule has 0 spiro atoms. The van der Waals surface area contributed by atoms with Gasteiger partial charge < -0.3 is 14.8 Å². The molecule has 22 heavy (non-hydrogen) atoms. The third-order valence-electron chi connectivity index (χ3n) is 4.44. The quantitative estimate of drug-likeness (QED) is 0.939. The molecule has 0 aliphatic carbocycles. The van der Waals surface area contributed by atoms with Crippen LogP contribution in [0.1, 0.15) is 24.6 Å². The van der Waals surface area contributed by atoms with Crippen molar-refractivity contribution in [3.8, 4) is 5.69 Å². The van der Waals surface area contributed by atoms with Gasteiger partial charge in [0.05, 0.1) is 18.0 Å². The van der Waals surface area contributed by atoms with Crippen molar-refractivity contribution in [3.05, 3.63) is 48.3 Å². The van der Waals surface area contributed by atoms with E-state index in [1.807, 2.05) is 29.1 Å². The summed E-state index contributed by atoms with van der Waals surface area (Å²) in [7, 11) is 0. The molecule has 2 fully saturated rings. The Bertz CT molecular complexity index is 607. The second-order valence-electron chi connectivity index (χ2n) is 5.92. The normalized spacial score (nSPS) is 28.3. The molecular formula is C17H21N3O2. The summed E-state index contributed by atoms with van der Waals surface area (Å²) in [5.41, 5.74) is 2.18. The van der Waals surface area contributed by atoms with Gasteiger partial charge in [0.15, 0.2) is 0 Å². The van der Waals surface area contributed by atoms with E-state index in [4.69, 9.17) is 9.47 Å². The minimum atomic E-state index is 0.0447. The average molecular weight is 299 g/mol. The third kappa shape index (κ3) is 2.67. The Hall–Kier alpha value is -1.69. The van der Waals surface area contributed by atoms with Crippen molar-refractivity contribution in [3.63, 3.8) is 0 Å². The molecule has 0 saturated carbocycles. The van der Waals surface area contributed by atoms with Gasteiger partial charge in [-0.1, -0.05) is 18.2 Å². The lowest BCUT2D eigenvalue weighted by atomic mass is 10.1. The zero-order chi connectivity index (χ0) is 14.8. The van der Waals surface area contributed by atoms with Crippen molar-refractivity contribution in [2.45, 2.75) is 31.0 Å². The standard InChI is InChI=1S/C17H21N3O2/c1-2-4-14(5-3-1)20-16(6-9-18-20)17-15(8-11-22-17)19-13-7-10-21-12-13/h1-6,9,13,15,17,19H,7-8,10-12H2/t13?,15-,17-/m0/s1. The Morgan fingerprint density at radius 2 is 2.00 bits per heavy atom. The van der Waals surface area contributed by atoms with Crippen molar-refractivity contribution in [1.82, 2.24) is 15.1 Å². The van der Waals surface area contributed by atoms with E-state index in [0.29, 0.717) is 12.1 Å². The van der Waals surface area contributed by atoms with Gasteiger partial charge in [0.25, 0.3) is 0 Å². The van der Waals surface area contributed by atoms with Crippen molar-refractivity contribution in [2.24, 2.45) is 0 Å². The fraction of sp³-hybridized carbons (Fsp3) is 0.471. The number of para-hydroxylation sites is 1. The summed E-state index contributed by atoms with van der Waals surface area (Å²) in [6.07, 6.45) is 4.01. The van der Waals surface area contributed by atoms with E-state index in [0.717, 1.165) is 44.0 Å². The molecule has 1 aromatic carbocycles. The van der Waals surface area contributed by atoms with Crippen LogP contribution in [0, 0.1) is 0 Å². The monoisotopic (exact) mass is 299 g/mol. The highest BCUT2D eigenvalue weighted by molar-refractivity contribution is 5.33. The molecule has 0 bridgehead atoms. The molecule has 3 atom stereocenters. The van der Waals surface area contributed by atoms with Crippen molar-refractivity contribution in [1.29, 1.82) is 0 Å². The molecule has 5 nitrogen and oxygen atoms in total. The molecule has 116 valence electrons. The third-order valence-corrected chi connectivity index (χ3v) is 4.44. The first-order valence-electron chi connectivity index (χ1n) is 7.96. The highest BCUT2D eigenvalue weighted by Gasteiger charge is 2.34. The molecule has 3 heterocycles. The summed E-state index contributed by atoms with van der Waals surface area (Å²) in [4.78, 5) is 0. The van der Waals surface area contributed by atoms with Gasteiger partial charge in [-0.3, -0.25) is 0 Å². The number of rotatable bonds is 4. The molecule has 1 unspecified atom stereocenters. The molecule has 0 radical (unpaired) electrons. The maximum atomic E-state index is 6.02. The Balaban J connectivity index is 1.57. The second kappa shape index (κ2) is 6.20. The lowest BCUT2D eigenvalue weighted by Crippen LogP contribution is -2.40. The van der Waals surface area contributed by atoms with Crippen LogP contribution in [-0.2, 0) is 9.47 Å². The topological polar surface area (TPSA) is 48.3 Å². The Labute approximate surface area is 130 Å². The van der Waals surface area contributed by atoms with Crippen molar-refractivity contribution in [2.75, 3.05) is 19.8 Å². The summed E-state index contributed by atoms with van der Waals surface area (Å²) in [5.74, 6) is 0. The summed E-state index contributed by atoms with van der Waals surface area (Å²) in [6.45, 7) is 2.45. The van der Waals surface area contributed by atoms with Gasteiger partial charge in [0.2, 0.25) is 0 Å². The first kappa shape index (κ1) is 13.9. The lowest BCUT2D eigenvalue weighted by Gasteiger charge is -2.23. The molecule has 4 rings (SSSR count). The highest BCUT2D eigenvalue weighted by atomic mass is 16.5. The maximum Gasteiger partial charge on any atom is 0.115 e. The summed E-state index contributed by atoms with van der Waals surface area (Å²) in [5, 5.41) is 8.19.